The van der Waals surface area contributed by atoms with Gasteiger partial charge in [-0.15, -0.1) is 17.9 Å². The van der Waals surface area contributed by atoms with Crippen molar-refractivity contribution in [3.8, 4) is 0 Å². The van der Waals surface area contributed by atoms with Gasteiger partial charge in [-0.3, -0.25) is 14.2 Å². The van der Waals surface area contributed by atoms with E-state index in [9.17, 15) is 9.59 Å². The van der Waals surface area contributed by atoms with Gasteiger partial charge in [-0.2, -0.15) is 0 Å². The van der Waals surface area contributed by atoms with E-state index in [0.29, 0.717) is 28.5 Å². The third-order valence-electron chi connectivity index (χ3n) is 4.19. The molecule has 0 aliphatic carbocycles. The Hall–Kier alpha value is -2.38. The molecule has 0 aliphatic heterocycles. The average molecular weight is 400 g/mol. The number of thioether (sulfide) groups is 1. The molecule has 3 aromatic rings. The molecule has 0 radical (unpaired) electrons. The molecule has 0 fully saturated rings. The lowest BCUT2D eigenvalue weighted by Gasteiger charge is -2.23. The molecule has 0 saturated carbocycles. The molecular weight excluding hydrogens is 378 g/mol. The highest BCUT2D eigenvalue weighted by molar-refractivity contribution is 7.99. The third-order valence-corrected chi connectivity index (χ3v) is 6.04. The maximum Gasteiger partial charge on any atom is 0.272 e. The summed E-state index contributed by atoms with van der Waals surface area (Å²) in [6.45, 7) is 8.62. The minimum Gasteiger partial charge on any atom is -0.312 e. The number of aryl methyl sites for hydroxylation is 1. The first kappa shape index (κ1) is 19.4. The zero-order valence-electron chi connectivity index (χ0n) is 15.3. The second-order valence-corrected chi connectivity index (χ2v) is 7.81. The Morgan fingerprint density at radius 3 is 2.85 bits per heavy atom. The number of benzene rings is 1. The number of allylic oxidation sites excluding steroid dienone is 1. The molecule has 5 nitrogen and oxygen atoms in total. The van der Waals surface area contributed by atoms with Gasteiger partial charge in [0.25, 0.3) is 5.56 Å². The summed E-state index contributed by atoms with van der Waals surface area (Å²) in [4.78, 5) is 31.9. The summed E-state index contributed by atoms with van der Waals surface area (Å²) in [5.74, 6) is 0.197. The highest BCUT2D eigenvalue weighted by atomic mass is 32.2. The fourth-order valence-electron chi connectivity index (χ4n) is 2.88. The van der Waals surface area contributed by atoms with Crippen LogP contribution in [0.3, 0.4) is 0 Å². The topological polar surface area (TPSA) is 55.2 Å². The van der Waals surface area contributed by atoms with Crippen molar-refractivity contribution in [3.05, 3.63) is 64.3 Å². The van der Waals surface area contributed by atoms with Crippen molar-refractivity contribution < 1.29 is 4.79 Å². The molecule has 0 aliphatic rings. The predicted octanol–water partition coefficient (Wildman–Crippen LogP) is 4.10. The van der Waals surface area contributed by atoms with Crippen LogP contribution in [0.25, 0.3) is 10.2 Å². The molecule has 2 aromatic heterocycles. The Labute approximate surface area is 166 Å². The summed E-state index contributed by atoms with van der Waals surface area (Å²) in [6, 6.07) is 9.66. The molecule has 1 aromatic carbocycles. The number of hydrogen-bond donors (Lipinski definition) is 0. The van der Waals surface area contributed by atoms with Gasteiger partial charge in [0, 0.05) is 18.8 Å². The lowest BCUT2D eigenvalue weighted by atomic mass is 10.2. The van der Waals surface area contributed by atoms with Crippen molar-refractivity contribution in [1.29, 1.82) is 0 Å². The van der Waals surface area contributed by atoms with Gasteiger partial charge in [0.15, 0.2) is 5.16 Å². The molecule has 0 bridgehead atoms. The number of hydrogen-bond acceptors (Lipinski definition) is 5. The van der Waals surface area contributed by atoms with Crippen LogP contribution < -0.4 is 10.5 Å². The Balaban J connectivity index is 1.86. The number of nitrogens with zero attached hydrogens (tertiary/aromatic N) is 3. The number of thiophene rings is 1. The van der Waals surface area contributed by atoms with E-state index in [-0.39, 0.29) is 17.2 Å². The Morgan fingerprint density at radius 1 is 1.37 bits per heavy atom. The van der Waals surface area contributed by atoms with E-state index in [2.05, 4.69) is 11.6 Å². The van der Waals surface area contributed by atoms with Crippen molar-refractivity contribution in [3.63, 3.8) is 0 Å². The van der Waals surface area contributed by atoms with E-state index in [1.54, 1.807) is 15.5 Å². The Morgan fingerprint density at radius 2 is 2.15 bits per heavy atom. The number of carbonyl (C=O) groups excluding carboxylic acids is 1. The van der Waals surface area contributed by atoms with E-state index < -0.39 is 0 Å². The van der Waals surface area contributed by atoms with Crippen LogP contribution in [-0.4, -0.2) is 27.8 Å². The highest BCUT2D eigenvalue weighted by Gasteiger charge is 2.18. The first-order valence-electron chi connectivity index (χ1n) is 8.64. The van der Waals surface area contributed by atoms with Gasteiger partial charge < -0.3 is 4.90 Å². The van der Waals surface area contributed by atoms with E-state index in [1.165, 1.54) is 23.1 Å². The van der Waals surface area contributed by atoms with Crippen LogP contribution in [0.4, 0.5) is 5.69 Å². The maximum absolute atomic E-state index is 12.8. The van der Waals surface area contributed by atoms with E-state index in [1.807, 2.05) is 49.6 Å². The van der Waals surface area contributed by atoms with Gasteiger partial charge in [0.1, 0.15) is 4.70 Å². The predicted molar refractivity (Wildman–Crippen MR) is 114 cm³/mol. The summed E-state index contributed by atoms with van der Waals surface area (Å²) in [6.07, 6.45) is 1.67. The fraction of sp³-hybridized carbons (Fsp3) is 0.250. The molecule has 2 heterocycles. The number of para-hydroxylation sites is 1. The maximum atomic E-state index is 12.8. The van der Waals surface area contributed by atoms with Gasteiger partial charge in [-0.25, -0.2) is 4.98 Å². The summed E-state index contributed by atoms with van der Waals surface area (Å²) in [5, 5.41) is 2.40. The van der Waals surface area contributed by atoms with Gasteiger partial charge >= 0.3 is 0 Å². The molecule has 0 spiro atoms. The number of carbonyl (C=O) groups is 1. The average Bonchev–Trinajstić information content (AvgIpc) is 3.13. The molecule has 140 valence electrons. The summed E-state index contributed by atoms with van der Waals surface area (Å²) < 4.78 is 2.20. The van der Waals surface area contributed by atoms with Crippen molar-refractivity contribution in [2.75, 3.05) is 17.2 Å². The smallest absolute Gasteiger partial charge is 0.272 e. The second-order valence-electron chi connectivity index (χ2n) is 5.95. The number of rotatable bonds is 7. The Bertz CT molecular complexity index is 1040. The van der Waals surface area contributed by atoms with E-state index in [0.717, 1.165) is 11.3 Å². The van der Waals surface area contributed by atoms with Crippen molar-refractivity contribution in [2.24, 2.45) is 0 Å². The molecular formula is C20H21N3O2S2. The number of anilines is 1. The standard InChI is InChI=1S/C20H21N3O2S2/c1-4-11-23-19(25)18-15(10-12-26-18)21-20(23)27-13-17(24)22(5-2)16-9-7-6-8-14(16)3/h4,6-10,12H,1,5,11,13H2,2-3H3. The molecule has 1 amide bonds. The minimum atomic E-state index is -0.0869. The SMILES string of the molecule is C=CCn1c(SCC(=O)N(CC)c2ccccc2C)nc2ccsc2c1=O. The highest BCUT2D eigenvalue weighted by Crippen LogP contribution is 2.24. The normalized spacial score (nSPS) is 10.9. The molecule has 0 N–H and O–H groups in total. The zero-order chi connectivity index (χ0) is 19.4. The number of fused-ring (bicyclic) bond motifs is 1. The van der Waals surface area contributed by atoms with Crippen LogP contribution in [0.1, 0.15) is 12.5 Å². The fourth-order valence-corrected chi connectivity index (χ4v) is 4.54. The van der Waals surface area contributed by atoms with Crippen LogP contribution in [0.2, 0.25) is 0 Å². The summed E-state index contributed by atoms with van der Waals surface area (Å²) >= 11 is 2.67. The van der Waals surface area contributed by atoms with Crippen molar-refractivity contribution in [2.45, 2.75) is 25.5 Å². The van der Waals surface area contributed by atoms with Crippen LogP contribution in [-0.2, 0) is 11.3 Å². The van der Waals surface area contributed by atoms with Crippen LogP contribution in [0, 0.1) is 6.92 Å². The molecule has 0 unspecified atom stereocenters. The first-order chi connectivity index (χ1) is 13.1. The Kier molecular flexibility index (Phi) is 6.13. The largest absolute Gasteiger partial charge is 0.312 e. The lowest BCUT2D eigenvalue weighted by Crippen LogP contribution is -2.33. The molecule has 7 heteroatoms. The van der Waals surface area contributed by atoms with Crippen molar-refractivity contribution in [1.82, 2.24) is 9.55 Å². The van der Waals surface area contributed by atoms with Crippen LogP contribution in [0.15, 0.2) is 58.3 Å². The van der Waals surface area contributed by atoms with Gasteiger partial charge in [0.2, 0.25) is 5.91 Å². The number of amides is 1. The third kappa shape index (κ3) is 3.99. The summed E-state index contributed by atoms with van der Waals surface area (Å²) in [5.41, 5.74) is 2.55. The molecule has 27 heavy (non-hydrogen) atoms. The molecule has 0 atom stereocenters. The lowest BCUT2D eigenvalue weighted by molar-refractivity contribution is -0.116. The molecule has 0 saturated heterocycles. The first-order valence-corrected chi connectivity index (χ1v) is 10.5. The van der Waals surface area contributed by atoms with Gasteiger partial charge in [-0.05, 0) is 36.9 Å². The van der Waals surface area contributed by atoms with Crippen molar-refractivity contribution >= 4 is 44.9 Å². The quantitative estimate of drug-likeness (QED) is 0.341. The minimum absolute atomic E-state index is 0.0124. The monoisotopic (exact) mass is 399 g/mol. The van der Waals surface area contributed by atoms with Gasteiger partial charge in [0.05, 0.1) is 11.3 Å². The molecule has 3 rings (SSSR count). The van der Waals surface area contributed by atoms with Crippen LogP contribution in [0.5, 0.6) is 0 Å². The zero-order valence-corrected chi connectivity index (χ0v) is 17.0. The van der Waals surface area contributed by atoms with E-state index >= 15 is 0 Å². The van der Waals surface area contributed by atoms with Crippen LogP contribution >= 0.6 is 23.1 Å². The number of aromatic nitrogens is 2. The second kappa shape index (κ2) is 8.54. The summed E-state index contributed by atoms with van der Waals surface area (Å²) in [7, 11) is 0. The van der Waals surface area contributed by atoms with Gasteiger partial charge in [-0.1, -0.05) is 36.0 Å². The van der Waals surface area contributed by atoms with E-state index in [4.69, 9.17) is 0 Å².